The molecular formula is C16H15ClO3. The maximum atomic E-state index is 10.8. The Kier molecular flexibility index (Phi) is 5.16. The van der Waals surface area contributed by atoms with Crippen LogP contribution in [0.15, 0.2) is 48.5 Å². The van der Waals surface area contributed by atoms with Crippen LogP contribution in [0.5, 0.6) is 0 Å². The van der Waals surface area contributed by atoms with Crippen LogP contribution in [-0.4, -0.2) is 11.1 Å². The Balaban J connectivity index is 1.97. The van der Waals surface area contributed by atoms with Crippen LogP contribution in [0.1, 0.15) is 16.7 Å². The van der Waals surface area contributed by atoms with E-state index in [0.717, 1.165) is 16.7 Å². The van der Waals surface area contributed by atoms with Crippen LogP contribution in [0.2, 0.25) is 5.02 Å². The van der Waals surface area contributed by atoms with Crippen molar-refractivity contribution in [1.82, 2.24) is 0 Å². The van der Waals surface area contributed by atoms with Crippen molar-refractivity contribution in [2.75, 3.05) is 0 Å². The van der Waals surface area contributed by atoms with Crippen molar-refractivity contribution in [2.24, 2.45) is 0 Å². The lowest BCUT2D eigenvalue weighted by atomic mass is 10.1. The lowest BCUT2D eigenvalue weighted by molar-refractivity contribution is -0.136. The monoisotopic (exact) mass is 290 g/mol. The van der Waals surface area contributed by atoms with Gasteiger partial charge in [-0.2, -0.15) is 0 Å². The second kappa shape index (κ2) is 7.08. The van der Waals surface area contributed by atoms with Crippen LogP contribution < -0.4 is 0 Å². The Morgan fingerprint density at radius 2 is 1.50 bits per heavy atom. The standard InChI is InChI=1S/C16H15ClO3/c17-15-8-4-3-7-14(15)11-20-10-13-6-2-1-5-12(13)9-16(18)19/h1-8H,9-11H2,(H,18,19). The van der Waals surface area contributed by atoms with Gasteiger partial charge in [-0.05, 0) is 22.8 Å². The van der Waals surface area contributed by atoms with Crippen LogP contribution in [0.3, 0.4) is 0 Å². The van der Waals surface area contributed by atoms with E-state index >= 15 is 0 Å². The van der Waals surface area contributed by atoms with Gasteiger partial charge >= 0.3 is 5.97 Å². The minimum absolute atomic E-state index is 0.00558. The summed E-state index contributed by atoms with van der Waals surface area (Å²) in [5.41, 5.74) is 2.59. The van der Waals surface area contributed by atoms with Crippen molar-refractivity contribution in [3.8, 4) is 0 Å². The minimum atomic E-state index is -0.844. The summed E-state index contributed by atoms with van der Waals surface area (Å²) in [5.74, 6) is -0.844. The molecule has 0 saturated carbocycles. The Morgan fingerprint density at radius 1 is 0.950 bits per heavy atom. The molecule has 0 aliphatic rings. The Bertz CT molecular complexity index is 596. The van der Waals surface area contributed by atoms with Gasteiger partial charge in [-0.25, -0.2) is 0 Å². The summed E-state index contributed by atoms with van der Waals surface area (Å²) < 4.78 is 5.63. The minimum Gasteiger partial charge on any atom is -0.481 e. The Labute approximate surface area is 122 Å². The summed E-state index contributed by atoms with van der Waals surface area (Å²) in [5, 5.41) is 9.55. The number of hydrogen-bond donors (Lipinski definition) is 1. The number of aliphatic carboxylic acids is 1. The third-order valence-electron chi connectivity index (χ3n) is 2.93. The lowest BCUT2D eigenvalue weighted by Crippen LogP contribution is -2.05. The second-order valence-electron chi connectivity index (χ2n) is 4.42. The van der Waals surface area contributed by atoms with Gasteiger partial charge in [0.05, 0.1) is 19.6 Å². The van der Waals surface area contributed by atoms with Crippen LogP contribution in [0.4, 0.5) is 0 Å². The van der Waals surface area contributed by atoms with Gasteiger partial charge in [-0.1, -0.05) is 54.1 Å². The highest BCUT2D eigenvalue weighted by Crippen LogP contribution is 2.17. The van der Waals surface area contributed by atoms with Crippen LogP contribution in [0.25, 0.3) is 0 Å². The molecule has 0 aliphatic carbocycles. The molecule has 0 unspecified atom stereocenters. The molecule has 104 valence electrons. The molecule has 0 atom stereocenters. The summed E-state index contributed by atoms with van der Waals surface area (Å²) in [7, 11) is 0. The van der Waals surface area contributed by atoms with Gasteiger partial charge in [0.2, 0.25) is 0 Å². The summed E-state index contributed by atoms with van der Waals surface area (Å²) >= 11 is 6.05. The van der Waals surface area contributed by atoms with Crippen molar-refractivity contribution >= 4 is 17.6 Å². The predicted molar refractivity (Wildman–Crippen MR) is 77.7 cm³/mol. The van der Waals surface area contributed by atoms with Crippen LogP contribution in [0, 0.1) is 0 Å². The molecule has 0 aromatic heterocycles. The molecule has 0 heterocycles. The number of rotatable bonds is 6. The van der Waals surface area contributed by atoms with Crippen molar-refractivity contribution < 1.29 is 14.6 Å². The predicted octanol–water partition coefficient (Wildman–Crippen LogP) is 3.68. The van der Waals surface area contributed by atoms with E-state index in [1.54, 1.807) is 0 Å². The highest BCUT2D eigenvalue weighted by Gasteiger charge is 2.06. The summed E-state index contributed by atoms with van der Waals surface area (Å²) in [4.78, 5) is 10.8. The molecule has 20 heavy (non-hydrogen) atoms. The molecule has 4 heteroatoms. The Morgan fingerprint density at radius 3 is 2.15 bits per heavy atom. The maximum Gasteiger partial charge on any atom is 0.307 e. The number of halogens is 1. The topological polar surface area (TPSA) is 46.5 Å². The SMILES string of the molecule is O=C(O)Cc1ccccc1COCc1ccccc1Cl. The number of ether oxygens (including phenoxy) is 1. The van der Waals surface area contributed by atoms with Gasteiger partial charge in [0.25, 0.3) is 0 Å². The van der Waals surface area contributed by atoms with Gasteiger partial charge in [-0.15, -0.1) is 0 Å². The third kappa shape index (κ3) is 4.08. The summed E-state index contributed by atoms with van der Waals surface area (Å²) in [6.07, 6.45) is 0.00558. The van der Waals surface area contributed by atoms with Gasteiger partial charge in [0.15, 0.2) is 0 Å². The molecule has 3 nitrogen and oxygen atoms in total. The zero-order chi connectivity index (χ0) is 14.4. The average molecular weight is 291 g/mol. The third-order valence-corrected chi connectivity index (χ3v) is 3.30. The fraction of sp³-hybridized carbons (Fsp3) is 0.188. The molecule has 0 saturated heterocycles. The van der Waals surface area contributed by atoms with Gasteiger partial charge in [0.1, 0.15) is 0 Å². The van der Waals surface area contributed by atoms with Crippen LogP contribution >= 0.6 is 11.6 Å². The molecular weight excluding hydrogens is 276 g/mol. The molecule has 2 rings (SSSR count). The first-order chi connectivity index (χ1) is 9.66. The van der Waals surface area contributed by atoms with E-state index in [1.165, 1.54) is 0 Å². The maximum absolute atomic E-state index is 10.8. The first-order valence-corrected chi connectivity index (χ1v) is 6.64. The van der Waals surface area contributed by atoms with E-state index in [-0.39, 0.29) is 6.42 Å². The first kappa shape index (κ1) is 14.6. The molecule has 2 aromatic carbocycles. The number of carboxylic acid groups (broad SMARTS) is 1. The van der Waals surface area contributed by atoms with Crippen molar-refractivity contribution in [3.63, 3.8) is 0 Å². The lowest BCUT2D eigenvalue weighted by Gasteiger charge is -2.09. The highest BCUT2D eigenvalue weighted by atomic mass is 35.5. The van der Waals surface area contributed by atoms with Gasteiger partial charge in [0, 0.05) is 5.02 Å². The van der Waals surface area contributed by atoms with Crippen LogP contribution in [-0.2, 0) is 29.2 Å². The fourth-order valence-electron chi connectivity index (χ4n) is 1.92. The normalized spacial score (nSPS) is 10.4. The molecule has 0 radical (unpaired) electrons. The second-order valence-corrected chi connectivity index (χ2v) is 4.83. The molecule has 2 aromatic rings. The first-order valence-electron chi connectivity index (χ1n) is 6.26. The summed E-state index contributed by atoms with van der Waals surface area (Å²) in [6.45, 7) is 0.774. The van der Waals surface area contributed by atoms with E-state index < -0.39 is 5.97 Å². The van der Waals surface area contributed by atoms with Crippen molar-refractivity contribution in [1.29, 1.82) is 0 Å². The number of benzene rings is 2. The fourth-order valence-corrected chi connectivity index (χ4v) is 2.11. The average Bonchev–Trinajstić information content (AvgIpc) is 2.42. The number of carbonyl (C=O) groups is 1. The molecule has 0 bridgehead atoms. The molecule has 0 fully saturated rings. The van der Waals surface area contributed by atoms with Gasteiger partial charge < -0.3 is 9.84 Å². The Hall–Kier alpha value is -1.84. The van der Waals surface area contributed by atoms with E-state index in [9.17, 15) is 4.79 Å². The quantitative estimate of drug-likeness (QED) is 0.882. The zero-order valence-electron chi connectivity index (χ0n) is 10.9. The zero-order valence-corrected chi connectivity index (χ0v) is 11.6. The van der Waals surface area contributed by atoms with Crippen molar-refractivity contribution in [2.45, 2.75) is 19.6 Å². The molecule has 0 aliphatic heterocycles. The van der Waals surface area contributed by atoms with E-state index in [2.05, 4.69) is 0 Å². The number of hydrogen-bond acceptors (Lipinski definition) is 2. The molecule has 0 amide bonds. The molecule has 1 N–H and O–H groups in total. The smallest absolute Gasteiger partial charge is 0.307 e. The molecule has 0 spiro atoms. The van der Waals surface area contributed by atoms with E-state index in [0.29, 0.717) is 18.2 Å². The number of carboxylic acids is 1. The summed E-state index contributed by atoms with van der Waals surface area (Å²) in [6, 6.07) is 14.9. The van der Waals surface area contributed by atoms with E-state index in [1.807, 2.05) is 48.5 Å². The highest BCUT2D eigenvalue weighted by molar-refractivity contribution is 6.31. The van der Waals surface area contributed by atoms with Gasteiger partial charge in [-0.3, -0.25) is 4.79 Å². The van der Waals surface area contributed by atoms with Crippen molar-refractivity contribution in [3.05, 3.63) is 70.2 Å². The van der Waals surface area contributed by atoms with E-state index in [4.69, 9.17) is 21.4 Å². The largest absolute Gasteiger partial charge is 0.481 e.